The molecule has 0 bridgehead atoms. The van der Waals surface area contributed by atoms with Gasteiger partial charge in [-0.15, -0.1) is 11.3 Å². The minimum atomic E-state index is 0.598. The van der Waals surface area contributed by atoms with Crippen molar-refractivity contribution in [3.63, 3.8) is 0 Å². The molecule has 8 heteroatoms. The number of aldehydes is 2. The zero-order chi connectivity index (χ0) is 18.5. The summed E-state index contributed by atoms with van der Waals surface area (Å²) in [7, 11) is 3.64. The Hall–Kier alpha value is -2.13. The maximum atomic E-state index is 10.8. The van der Waals surface area contributed by atoms with Gasteiger partial charge in [0.25, 0.3) is 0 Å². The summed E-state index contributed by atoms with van der Waals surface area (Å²) in [6.45, 7) is 1.44. The van der Waals surface area contributed by atoms with E-state index in [1.54, 1.807) is 23.3 Å². The summed E-state index contributed by atoms with van der Waals surface area (Å²) in [6.07, 6.45) is 1.58. The predicted octanol–water partition coefficient (Wildman–Crippen LogP) is 3.71. The standard InChI is InChI=1S/C13H10N2OS2.C2H8N2.C2H4O/c16-8-10-7-9-3-1-4-11(13(9)14-10)15-18-12-5-2-6-17-12;1-3-4-2;1-2-3/h1-8,14-15H;3-4H,1-2H3;2H,1H3. The van der Waals surface area contributed by atoms with Crippen LogP contribution in [0, 0.1) is 0 Å². The summed E-state index contributed by atoms with van der Waals surface area (Å²) in [5.74, 6) is 0. The number of anilines is 1. The van der Waals surface area contributed by atoms with Crippen LogP contribution in [-0.4, -0.2) is 31.7 Å². The molecule has 3 aromatic rings. The van der Waals surface area contributed by atoms with Crippen LogP contribution in [0.3, 0.4) is 0 Å². The van der Waals surface area contributed by atoms with Crippen LogP contribution in [0.5, 0.6) is 0 Å². The zero-order valence-electron chi connectivity index (χ0n) is 14.3. The molecular formula is C17H22N4O2S2. The highest BCUT2D eigenvalue weighted by atomic mass is 32.2. The lowest BCUT2D eigenvalue weighted by molar-refractivity contribution is -0.106. The molecule has 0 saturated heterocycles. The molecule has 0 unspecified atom stereocenters. The maximum absolute atomic E-state index is 10.8. The number of carbonyl (C=O) groups excluding carboxylic acids is 2. The van der Waals surface area contributed by atoms with E-state index in [0.29, 0.717) is 5.69 Å². The van der Waals surface area contributed by atoms with E-state index in [9.17, 15) is 4.79 Å². The average Bonchev–Trinajstić information content (AvgIpc) is 3.30. The Balaban J connectivity index is 0.000000386. The molecule has 6 nitrogen and oxygen atoms in total. The minimum Gasteiger partial charge on any atom is -0.351 e. The van der Waals surface area contributed by atoms with E-state index in [2.05, 4.69) is 26.6 Å². The van der Waals surface area contributed by atoms with Crippen LogP contribution >= 0.6 is 23.3 Å². The molecule has 0 amide bonds. The van der Waals surface area contributed by atoms with Gasteiger partial charge >= 0.3 is 0 Å². The highest BCUT2D eigenvalue weighted by Gasteiger charge is 2.05. The molecule has 2 heterocycles. The van der Waals surface area contributed by atoms with Gasteiger partial charge in [-0.1, -0.05) is 18.2 Å². The van der Waals surface area contributed by atoms with Gasteiger partial charge in [-0.2, -0.15) is 0 Å². The fourth-order valence-electron chi connectivity index (χ4n) is 1.75. The number of nitrogens with one attached hydrogen (secondary N) is 4. The molecule has 0 aliphatic heterocycles. The van der Waals surface area contributed by atoms with Gasteiger partial charge in [-0.05, 0) is 56.5 Å². The lowest BCUT2D eigenvalue weighted by atomic mass is 10.2. The van der Waals surface area contributed by atoms with Crippen molar-refractivity contribution in [3.8, 4) is 0 Å². The van der Waals surface area contributed by atoms with Gasteiger partial charge in [-0.3, -0.25) is 15.6 Å². The Morgan fingerprint density at radius 1 is 1.12 bits per heavy atom. The lowest BCUT2D eigenvalue weighted by Crippen LogP contribution is -2.21. The van der Waals surface area contributed by atoms with Crippen molar-refractivity contribution in [1.29, 1.82) is 0 Å². The smallest absolute Gasteiger partial charge is 0.166 e. The first-order chi connectivity index (χ1) is 12.2. The second kappa shape index (κ2) is 12.3. The van der Waals surface area contributed by atoms with Crippen molar-refractivity contribution in [2.75, 3.05) is 18.8 Å². The van der Waals surface area contributed by atoms with Crippen molar-refractivity contribution >= 4 is 52.4 Å². The number of hydrogen-bond acceptors (Lipinski definition) is 7. The van der Waals surface area contributed by atoms with E-state index >= 15 is 0 Å². The number of hydrogen-bond donors (Lipinski definition) is 4. The van der Waals surface area contributed by atoms with Gasteiger partial charge in [0, 0.05) is 5.39 Å². The number of aromatic amines is 1. The van der Waals surface area contributed by atoms with Crippen LogP contribution in [0.2, 0.25) is 0 Å². The van der Waals surface area contributed by atoms with Crippen molar-refractivity contribution in [2.45, 2.75) is 11.1 Å². The van der Waals surface area contributed by atoms with Crippen LogP contribution in [0.4, 0.5) is 5.69 Å². The Kier molecular flexibility index (Phi) is 10.3. The van der Waals surface area contributed by atoms with Crippen LogP contribution in [0.25, 0.3) is 10.9 Å². The highest BCUT2D eigenvalue weighted by molar-refractivity contribution is 8.02. The Morgan fingerprint density at radius 3 is 2.40 bits per heavy atom. The normalized spacial score (nSPS) is 9.40. The first-order valence-electron chi connectivity index (χ1n) is 7.46. The summed E-state index contributed by atoms with van der Waals surface area (Å²) < 4.78 is 4.51. The topological polar surface area (TPSA) is 86.0 Å². The quantitative estimate of drug-likeness (QED) is 0.308. The van der Waals surface area contributed by atoms with E-state index in [4.69, 9.17) is 4.79 Å². The molecule has 0 radical (unpaired) electrons. The fraction of sp³-hybridized carbons (Fsp3) is 0.176. The SMILES string of the molecule is CC=O.CNNC.O=Cc1cc2cccc(NSc3cccs3)c2[nH]1. The average molecular weight is 379 g/mol. The van der Waals surface area contributed by atoms with Gasteiger partial charge in [0.1, 0.15) is 6.29 Å². The second-order valence-corrected chi connectivity index (χ2v) is 6.54. The molecule has 3 rings (SSSR count). The van der Waals surface area contributed by atoms with Gasteiger partial charge in [0.2, 0.25) is 0 Å². The number of aromatic nitrogens is 1. The molecular weight excluding hydrogens is 356 g/mol. The molecule has 0 aliphatic carbocycles. The number of para-hydroxylation sites is 1. The molecule has 0 spiro atoms. The molecule has 2 aromatic heterocycles. The number of rotatable bonds is 5. The maximum Gasteiger partial charge on any atom is 0.166 e. The predicted molar refractivity (Wildman–Crippen MR) is 107 cm³/mol. The van der Waals surface area contributed by atoms with E-state index < -0.39 is 0 Å². The second-order valence-electron chi connectivity index (χ2n) is 4.48. The first kappa shape index (κ1) is 20.9. The van der Waals surface area contributed by atoms with E-state index in [0.717, 1.165) is 29.2 Å². The van der Waals surface area contributed by atoms with Crippen molar-refractivity contribution < 1.29 is 9.59 Å². The summed E-state index contributed by atoms with van der Waals surface area (Å²) in [6, 6.07) is 11.9. The number of thiophene rings is 1. The summed E-state index contributed by atoms with van der Waals surface area (Å²) >= 11 is 3.26. The molecule has 0 saturated carbocycles. The Bertz CT molecular complexity index is 755. The molecule has 134 valence electrons. The van der Waals surface area contributed by atoms with Crippen LogP contribution in [-0.2, 0) is 4.79 Å². The third-order valence-electron chi connectivity index (χ3n) is 2.81. The lowest BCUT2D eigenvalue weighted by Gasteiger charge is -2.04. The molecule has 0 fully saturated rings. The first-order valence-corrected chi connectivity index (χ1v) is 9.16. The summed E-state index contributed by atoms with van der Waals surface area (Å²) in [4.78, 5) is 22.7. The van der Waals surface area contributed by atoms with Gasteiger partial charge < -0.3 is 14.5 Å². The fourth-order valence-corrected chi connectivity index (χ4v) is 3.21. The summed E-state index contributed by atoms with van der Waals surface area (Å²) in [5.41, 5.74) is 7.91. The van der Waals surface area contributed by atoms with Crippen LogP contribution < -0.4 is 15.6 Å². The van der Waals surface area contributed by atoms with Gasteiger partial charge in [0.15, 0.2) is 6.29 Å². The monoisotopic (exact) mass is 378 g/mol. The Labute approximate surface area is 155 Å². The summed E-state index contributed by atoms with van der Waals surface area (Å²) in [5, 5.41) is 3.08. The van der Waals surface area contributed by atoms with E-state index in [1.807, 2.05) is 49.8 Å². The molecule has 0 aliphatic rings. The van der Waals surface area contributed by atoms with Gasteiger partial charge in [-0.25, -0.2) is 0 Å². The zero-order valence-corrected chi connectivity index (χ0v) is 16.0. The Morgan fingerprint density at radius 2 is 1.84 bits per heavy atom. The third-order valence-corrected chi connectivity index (χ3v) is 4.67. The van der Waals surface area contributed by atoms with Crippen molar-refractivity contribution in [3.05, 3.63) is 47.5 Å². The molecule has 25 heavy (non-hydrogen) atoms. The molecule has 0 atom stereocenters. The third kappa shape index (κ3) is 7.10. The number of hydrazine groups is 1. The number of carbonyl (C=O) groups is 2. The molecule has 1 aromatic carbocycles. The van der Waals surface area contributed by atoms with E-state index in [-0.39, 0.29) is 0 Å². The van der Waals surface area contributed by atoms with E-state index in [1.165, 1.54) is 11.1 Å². The number of benzene rings is 1. The largest absolute Gasteiger partial charge is 0.351 e. The van der Waals surface area contributed by atoms with Crippen LogP contribution in [0.15, 0.2) is 46.0 Å². The number of H-pyrrole nitrogens is 1. The van der Waals surface area contributed by atoms with Gasteiger partial charge in [0.05, 0.1) is 21.1 Å². The van der Waals surface area contributed by atoms with Crippen molar-refractivity contribution in [1.82, 2.24) is 15.8 Å². The minimum absolute atomic E-state index is 0.598. The highest BCUT2D eigenvalue weighted by Crippen LogP contribution is 2.29. The molecule has 4 N–H and O–H groups in total. The van der Waals surface area contributed by atoms with Crippen LogP contribution in [0.1, 0.15) is 17.4 Å². The van der Waals surface area contributed by atoms with Crippen molar-refractivity contribution in [2.24, 2.45) is 0 Å². The number of fused-ring (bicyclic) bond motifs is 1.